The van der Waals surface area contributed by atoms with Gasteiger partial charge in [0.15, 0.2) is 0 Å². The fraction of sp³-hybridized carbons (Fsp3) is 0.593. The maximum atomic E-state index is 12.5. The van der Waals surface area contributed by atoms with E-state index >= 15 is 0 Å². The number of allylic oxidation sites excluding steroid dienone is 1. The molecule has 1 heterocycles. The van der Waals surface area contributed by atoms with Crippen LogP contribution in [0.4, 0.5) is 0 Å². The van der Waals surface area contributed by atoms with Crippen LogP contribution in [0.15, 0.2) is 54.1 Å². The highest BCUT2D eigenvalue weighted by molar-refractivity contribution is 5.91. The Morgan fingerprint density at radius 2 is 1.97 bits per heavy atom. The Labute approximate surface area is 186 Å². The number of hydrogen-bond acceptors (Lipinski definition) is 4. The molecular weight excluding hydrogens is 388 g/mol. The van der Waals surface area contributed by atoms with Crippen molar-refractivity contribution in [2.24, 2.45) is 28.6 Å². The van der Waals surface area contributed by atoms with Gasteiger partial charge in [-0.3, -0.25) is 0 Å². The van der Waals surface area contributed by atoms with Crippen LogP contribution in [0.1, 0.15) is 51.5 Å². The molecular formula is C27H36O4. The number of benzene rings is 1. The maximum absolute atomic E-state index is 12.5. The van der Waals surface area contributed by atoms with Gasteiger partial charge in [-0.1, -0.05) is 56.3 Å². The van der Waals surface area contributed by atoms with Gasteiger partial charge in [-0.15, -0.1) is 0 Å². The van der Waals surface area contributed by atoms with Crippen molar-refractivity contribution in [3.8, 4) is 0 Å². The third-order valence-corrected chi connectivity index (χ3v) is 8.73. The molecule has 3 unspecified atom stereocenters. The number of rotatable bonds is 6. The van der Waals surface area contributed by atoms with E-state index in [9.17, 15) is 15.0 Å². The highest BCUT2D eigenvalue weighted by Crippen LogP contribution is 2.62. The number of hydrogen-bond donors (Lipinski definition) is 2. The second-order valence-electron chi connectivity index (χ2n) is 10.4. The highest BCUT2D eigenvalue weighted by Gasteiger charge is 2.57. The van der Waals surface area contributed by atoms with E-state index in [0.717, 1.165) is 37.7 Å². The molecule has 1 aromatic carbocycles. The third-order valence-electron chi connectivity index (χ3n) is 8.73. The lowest BCUT2D eigenvalue weighted by molar-refractivity contribution is -0.153. The predicted octanol–water partition coefficient (Wildman–Crippen LogP) is 4.46. The molecule has 0 amide bonds. The molecule has 0 saturated heterocycles. The fourth-order valence-electron chi connectivity index (χ4n) is 6.85. The van der Waals surface area contributed by atoms with E-state index in [0.29, 0.717) is 13.0 Å². The Kier molecular flexibility index (Phi) is 6.15. The Bertz CT molecular complexity index is 859. The van der Waals surface area contributed by atoms with E-state index in [1.807, 2.05) is 31.2 Å². The summed E-state index contributed by atoms with van der Waals surface area (Å²) in [6.07, 6.45) is 6.59. The number of ether oxygens (including phenoxy) is 1. The van der Waals surface area contributed by atoms with Gasteiger partial charge >= 0.3 is 5.97 Å². The molecule has 0 radical (unpaired) electrons. The van der Waals surface area contributed by atoms with E-state index in [-0.39, 0.29) is 35.7 Å². The van der Waals surface area contributed by atoms with Gasteiger partial charge in [0.25, 0.3) is 0 Å². The van der Waals surface area contributed by atoms with Gasteiger partial charge in [0, 0.05) is 11.0 Å². The van der Waals surface area contributed by atoms with Crippen molar-refractivity contribution in [2.75, 3.05) is 13.2 Å². The molecule has 0 spiro atoms. The number of esters is 1. The van der Waals surface area contributed by atoms with Gasteiger partial charge < -0.3 is 14.9 Å². The van der Waals surface area contributed by atoms with Crippen molar-refractivity contribution in [3.05, 3.63) is 59.7 Å². The van der Waals surface area contributed by atoms with Crippen molar-refractivity contribution in [1.29, 1.82) is 0 Å². The maximum Gasteiger partial charge on any atom is 0.334 e. The van der Waals surface area contributed by atoms with Gasteiger partial charge in [0.05, 0.1) is 12.7 Å². The second-order valence-corrected chi connectivity index (χ2v) is 10.4. The van der Waals surface area contributed by atoms with Gasteiger partial charge in [0.2, 0.25) is 0 Å². The van der Waals surface area contributed by atoms with Crippen LogP contribution in [0.25, 0.3) is 0 Å². The third kappa shape index (κ3) is 3.89. The number of carbonyl (C=O) groups is 1. The number of carbonyl (C=O) groups excluding carboxylic acids is 1. The molecule has 2 saturated carbocycles. The molecule has 2 N–H and O–H groups in total. The van der Waals surface area contributed by atoms with Crippen LogP contribution in [0.5, 0.6) is 0 Å². The molecule has 2 aliphatic carbocycles. The van der Waals surface area contributed by atoms with Gasteiger partial charge in [0.1, 0.15) is 6.61 Å². The van der Waals surface area contributed by atoms with Crippen molar-refractivity contribution in [3.63, 3.8) is 0 Å². The summed E-state index contributed by atoms with van der Waals surface area (Å²) in [7, 11) is 0. The van der Waals surface area contributed by atoms with E-state index in [4.69, 9.17) is 4.74 Å². The normalized spacial score (nSPS) is 36.5. The zero-order valence-corrected chi connectivity index (χ0v) is 18.8. The molecule has 0 bridgehead atoms. The summed E-state index contributed by atoms with van der Waals surface area (Å²) in [6, 6.07) is 10.3. The molecule has 6 atom stereocenters. The van der Waals surface area contributed by atoms with Gasteiger partial charge in [-0.05, 0) is 73.3 Å². The Hall–Kier alpha value is -1.91. The van der Waals surface area contributed by atoms with Gasteiger partial charge in [-0.2, -0.15) is 0 Å². The molecule has 4 rings (SSSR count). The first-order valence-electron chi connectivity index (χ1n) is 11.7. The Morgan fingerprint density at radius 3 is 2.61 bits per heavy atom. The Morgan fingerprint density at radius 1 is 1.23 bits per heavy atom. The topological polar surface area (TPSA) is 66.8 Å². The lowest BCUT2D eigenvalue weighted by Crippen LogP contribution is -2.57. The first-order chi connectivity index (χ1) is 14.8. The zero-order valence-electron chi connectivity index (χ0n) is 18.8. The summed E-state index contributed by atoms with van der Waals surface area (Å²) in [4.78, 5) is 12.5. The predicted molar refractivity (Wildman–Crippen MR) is 121 cm³/mol. The molecule has 1 aromatic rings. The zero-order chi connectivity index (χ0) is 22.2. The van der Waals surface area contributed by atoms with Crippen molar-refractivity contribution in [2.45, 2.75) is 58.5 Å². The summed E-state index contributed by atoms with van der Waals surface area (Å²) < 4.78 is 5.28. The minimum Gasteiger partial charge on any atom is -0.458 e. The van der Waals surface area contributed by atoms with Crippen LogP contribution >= 0.6 is 0 Å². The smallest absolute Gasteiger partial charge is 0.334 e. The monoisotopic (exact) mass is 424 g/mol. The lowest BCUT2D eigenvalue weighted by Gasteiger charge is -2.60. The largest absolute Gasteiger partial charge is 0.458 e. The standard InChI is InChI=1S/C27H36O4/c1-18-9-10-23-26(2,13-11-24(29)27(23,3)17-28)22(18)16-20(21-12-14-31-25(21)30)15-19-7-5-4-6-8-19/h4-8,12,20,22-24,28-29H,1,9-11,13-17H2,2-3H3/t20?,22-,23?,24?,26+,27-/m0/s1. The van der Waals surface area contributed by atoms with Crippen LogP contribution in [-0.4, -0.2) is 35.5 Å². The molecule has 4 nitrogen and oxygen atoms in total. The summed E-state index contributed by atoms with van der Waals surface area (Å²) in [5, 5.41) is 21.0. The van der Waals surface area contributed by atoms with Crippen molar-refractivity contribution >= 4 is 5.97 Å². The molecule has 0 aromatic heterocycles. The minimum atomic E-state index is -0.494. The quantitative estimate of drug-likeness (QED) is 0.523. The molecule has 2 fully saturated rings. The summed E-state index contributed by atoms with van der Waals surface area (Å²) in [6.45, 7) is 9.20. The molecule has 31 heavy (non-hydrogen) atoms. The average molecular weight is 425 g/mol. The highest BCUT2D eigenvalue weighted by atomic mass is 16.5. The van der Waals surface area contributed by atoms with Gasteiger partial charge in [-0.25, -0.2) is 4.79 Å². The van der Waals surface area contributed by atoms with Crippen LogP contribution in [0.2, 0.25) is 0 Å². The van der Waals surface area contributed by atoms with Crippen molar-refractivity contribution < 1.29 is 19.7 Å². The lowest BCUT2D eigenvalue weighted by atomic mass is 9.45. The van der Waals surface area contributed by atoms with Crippen LogP contribution in [-0.2, 0) is 16.0 Å². The summed E-state index contributed by atoms with van der Waals surface area (Å²) in [5.74, 6) is 0.351. The van der Waals surface area contributed by atoms with E-state index in [1.165, 1.54) is 11.1 Å². The first kappa shape index (κ1) is 22.3. The summed E-state index contributed by atoms with van der Waals surface area (Å²) in [5.41, 5.74) is 2.72. The number of cyclic esters (lactones) is 1. The second kappa shape index (κ2) is 8.55. The average Bonchev–Trinajstić information content (AvgIpc) is 3.19. The molecule has 1 aliphatic heterocycles. The molecule has 168 valence electrons. The SMILES string of the molecule is C=C1CCC2[C@](C)(CO)C(O)CC[C@]2(C)[C@H]1CC(Cc1ccccc1)C1=CCOC1=O. The summed E-state index contributed by atoms with van der Waals surface area (Å²) >= 11 is 0. The van der Waals surface area contributed by atoms with Crippen LogP contribution in [0.3, 0.4) is 0 Å². The molecule has 4 heteroatoms. The van der Waals surface area contributed by atoms with Crippen molar-refractivity contribution in [1.82, 2.24) is 0 Å². The van der Waals surface area contributed by atoms with E-state index < -0.39 is 11.5 Å². The van der Waals surface area contributed by atoms with E-state index in [1.54, 1.807) is 0 Å². The first-order valence-corrected chi connectivity index (χ1v) is 11.7. The van der Waals surface area contributed by atoms with E-state index in [2.05, 4.69) is 25.6 Å². The van der Waals surface area contributed by atoms with Crippen LogP contribution < -0.4 is 0 Å². The minimum absolute atomic E-state index is 0.00145. The van der Waals surface area contributed by atoms with Crippen LogP contribution in [0, 0.1) is 28.6 Å². The number of fused-ring (bicyclic) bond motifs is 1. The molecule has 3 aliphatic rings. The Balaban J connectivity index is 1.66. The number of aliphatic hydroxyl groups is 2. The fourth-order valence-corrected chi connectivity index (χ4v) is 6.85. The number of aliphatic hydroxyl groups excluding tert-OH is 2.